The highest BCUT2D eigenvalue weighted by Crippen LogP contribution is 2.37. The lowest BCUT2D eigenvalue weighted by molar-refractivity contribution is -0.385. The minimum Gasteiger partial charge on any atom is -0.481 e. The molecule has 7 heteroatoms. The van der Waals surface area contributed by atoms with E-state index in [1.165, 1.54) is 23.9 Å². The van der Waals surface area contributed by atoms with E-state index in [-0.39, 0.29) is 12.1 Å². The standard InChI is InChI=1S/C10H8N2O4S/c13-10(14)3-6-5-17-9-4-7(12(15)16)1-2-8(9)11-6/h1-2,4-5,11H,3H2,(H,13,14). The van der Waals surface area contributed by atoms with Gasteiger partial charge < -0.3 is 10.4 Å². The fourth-order valence-corrected chi connectivity index (χ4v) is 2.26. The summed E-state index contributed by atoms with van der Waals surface area (Å²) in [6.07, 6.45) is -0.0938. The van der Waals surface area contributed by atoms with Crippen LogP contribution < -0.4 is 5.32 Å². The molecule has 1 heterocycles. The maximum atomic E-state index is 10.6. The van der Waals surface area contributed by atoms with Gasteiger partial charge >= 0.3 is 5.97 Å². The van der Waals surface area contributed by atoms with E-state index in [0.717, 1.165) is 0 Å². The SMILES string of the molecule is O=C(O)CC1=CSc2cc([N+](=O)[O-])ccc2N1. The zero-order valence-corrected chi connectivity index (χ0v) is 9.36. The first-order chi connectivity index (χ1) is 8.06. The number of nitrogens with zero attached hydrogens (tertiary/aromatic N) is 1. The number of carbonyl (C=O) groups is 1. The van der Waals surface area contributed by atoms with Gasteiger partial charge in [0, 0.05) is 22.7 Å². The van der Waals surface area contributed by atoms with Crippen molar-refractivity contribution in [2.75, 3.05) is 5.32 Å². The number of non-ortho nitro benzene ring substituents is 1. The molecule has 1 aliphatic heterocycles. The Morgan fingerprint density at radius 1 is 1.53 bits per heavy atom. The van der Waals surface area contributed by atoms with Crippen LogP contribution in [-0.2, 0) is 4.79 Å². The van der Waals surface area contributed by atoms with Crippen molar-refractivity contribution in [1.82, 2.24) is 0 Å². The molecular weight excluding hydrogens is 244 g/mol. The van der Waals surface area contributed by atoms with Gasteiger partial charge in [-0.05, 0) is 11.5 Å². The Morgan fingerprint density at radius 3 is 2.94 bits per heavy atom. The summed E-state index contributed by atoms with van der Waals surface area (Å²) in [4.78, 5) is 21.4. The lowest BCUT2D eigenvalue weighted by Crippen LogP contribution is -2.08. The Morgan fingerprint density at radius 2 is 2.29 bits per heavy atom. The number of nitro groups is 1. The first-order valence-electron chi connectivity index (χ1n) is 4.69. The van der Waals surface area contributed by atoms with Crippen molar-refractivity contribution in [3.05, 3.63) is 39.4 Å². The first kappa shape index (κ1) is 11.5. The smallest absolute Gasteiger partial charge is 0.309 e. The van der Waals surface area contributed by atoms with Crippen LogP contribution in [0.15, 0.2) is 34.2 Å². The molecule has 0 aliphatic carbocycles. The van der Waals surface area contributed by atoms with Gasteiger partial charge in [-0.3, -0.25) is 14.9 Å². The normalized spacial score (nSPS) is 13.3. The van der Waals surface area contributed by atoms with Crippen LogP contribution in [0.25, 0.3) is 0 Å². The number of hydrogen-bond donors (Lipinski definition) is 2. The number of thioether (sulfide) groups is 1. The van der Waals surface area contributed by atoms with Crippen LogP contribution in [-0.4, -0.2) is 16.0 Å². The van der Waals surface area contributed by atoms with E-state index >= 15 is 0 Å². The monoisotopic (exact) mass is 252 g/mol. The molecule has 0 spiro atoms. The number of aliphatic carboxylic acids is 1. The number of carboxylic acids is 1. The minimum atomic E-state index is -0.922. The van der Waals surface area contributed by atoms with Crippen molar-refractivity contribution in [2.45, 2.75) is 11.3 Å². The quantitative estimate of drug-likeness (QED) is 0.634. The summed E-state index contributed by atoms with van der Waals surface area (Å²) in [7, 11) is 0. The fraction of sp³-hybridized carbons (Fsp3) is 0.100. The lowest BCUT2D eigenvalue weighted by atomic mass is 10.2. The van der Waals surface area contributed by atoms with Crippen LogP contribution >= 0.6 is 11.8 Å². The van der Waals surface area contributed by atoms with Crippen LogP contribution in [0, 0.1) is 10.1 Å². The second-order valence-electron chi connectivity index (χ2n) is 3.39. The number of rotatable bonds is 3. The average Bonchev–Trinajstić information content (AvgIpc) is 2.27. The highest BCUT2D eigenvalue weighted by molar-refractivity contribution is 8.02. The van der Waals surface area contributed by atoms with Gasteiger partial charge in [-0.1, -0.05) is 11.8 Å². The van der Waals surface area contributed by atoms with Crippen LogP contribution in [0.3, 0.4) is 0 Å². The summed E-state index contributed by atoms with van der Waals surface area (Å²) in [5.41, 5.74) is 1.29. The molecule has 17 heavy (non-hydrogen) atoms. The van der Waals surface area contributed by atoms with Crippen molar-refractivity contribution in [3.63, 3.8) is 0 Å². The summed E-state index contributed by atoms with van der Waals surface area (Å²) in [5.74, 6) is -0.922. The molecule has 6 nitrogen and oxygen atoms in total. The summed E-state index contributed by atoms with van der Waals surface area (Å²) >= 11 is 1.28. The van der Waals surface area contributed by atoms with Crippen LogP contribution in [0.1, 0.15) is 6.42 Å². The van der Waals surface area contributed by atoms with E-state index in [1.54, 1.807) is 11.5 Å². The van der Waals surface area contributed by atoms with E-state index in [2.05, 4.69) is 5.32 Å². The van der Waals surface area contributed by atoms with Gasteiger partial charge in [0.25, 0.3) is 5.69 Å². The van der Waals surface area contributed by atoms with Crippen molar-refractivity contribution >= 4 is 29.1 Å². The third-order valence-corrected chi connectivity index (χ3v) is 3.14. The van der Waals surface area contributed by atoms with Gasteiger partial charge in [-0.15, -0.1) is 0 Å². The molecule has 0 amide bonds. The van der Waals surface area contributed by atoms with Crippen LogP contribution in [0.2, 0.25) is 0 Å². The zero-order valence-electron chi connectivity index (χ0n) is 8.54. The Kier molecular flexibility index (Phi) is 3.01. The largest absolute Gasteiger partial charge is 0.481 e. The molecular formula is C10H8N2O4S. The molecule has 1 aromatic rings. The number of hydrogen-bond acceptors (Lipinski definition) is 5. The van der Waals surface area contributed by atoms with Crippen molar-refractivity contribution in [3.8, 4) is 0 Å². The molecule has 0 aromatic heterocycles. The minimum absolute atomic E-state index is 0.0214. The number of carboxylic acid groups (broad SMARTS) is 1. The highest BCUT2D eigenvalue weighted by atomic mass is 32.2. The van der Waals surface area contributed by atoms with Crippen LogP contribution in [0.5, 0.6) is 0 Å². The maximum absolute atomic E-state index is 10.6. The van der Waals surface area contributed by atoms with Gasteiger partial charge in [0.1, 0.15) is 0 Å². The van der Waals surface area contributed by atoms with Gasteiger partial charge in [0.15, 0.2) is 0 Å². The Balaban J connectivity index is 2.22. The first-order valence-corrected chi connectivity index (χ1v) is 5.57. The lowest BCUT2D eigenvalue weighted by Gasteiger charge is -2.17. The number of benzene rings is 1. The molecule has 0 saturated heterocycles. The van der Waals surface area contributed by atoms with Gasteiger partial charge in [0.2, 0.25) is 0 Å². The molecule has 88 valence electrons. The van der Waals surface area contributed by atoms with Crippen molar-refractivity contribution in [1.29, 1.82) is 0 Å². The van der Waals surface area contributed by atoms with Gasteiger partial charge in [-0.2, -0.15) is 0 Å². The van der Waals surface area contributed by atoms with Crippen LogP contribution in [0.4, 0.5) is 11.4 Å². The molecule has 0 bridgehead atoms. The zero-order chi connectivity index (χ0) is 12.4. The summed E-state index contributed by atoms with van der Waals surface area (Å²) in [6, 6.07) is 4.42. The molecule has 0 fully saturated rings. The second-order valence-corrected chi connectivity index (χ2v) is 4.31. The van der Waals surface area contributed by atoms with Gasteiger partial charge in [0.05, 0.1) is 17.0 Å². The third kappa shape index (κ3) is 2.56. The Hall–Kier alpha value is -2.02. The second kappa shape index (κ2) is 4.46. The Bertz CT molecular complexity index is 527. The van der Waals surface area contributed by atoms with E-state index in [4.69, 9.17) is 5.11 Å². The van der Waals surface area contributed by atoms with E-state index in [9.17, 15) is 14.9 Å². The molecule has 0 saturated carbocycles. The van der Waals surface area contributed by atoms with Crippen molar-refractivity contribution < 1.29 is 14.8 Å². The number of fused-ring (bicyclic) bond motifs is 1. The van der Waals surface area contributed by atoms with E-state index in [0.29, 0.717) is 16.3 Å². The highest BCUT2D eigenvalue weighted by Gasteiger charge is 2.16. The molecule has 0 radical (unpaired) electrons. The average molecular weight is 252 g/mol. The summed E-state index contributed by atoms with van der Waals surface area (Å²) in [6.45, 7) is 0. The number of nitrogens with one attached hydrogen (secondary N) is 1. The summed E-state index contributed by atoms with van der Waals surface area (Å²) < 4.78 is 0. The molecule has 0 unspecified atom stereocenters. The topological polar surface area (TPSA) is 92.5 Å². The van der Waals surface area contributed by atoms with E-state index in [1.807, 2.05) is 0 Å². The van der Waals surface area contributed by atoms with Gasteiger partial charge in [-0.25, -0.2) is 0 Å². The molecule has 1 aromatic carbocycles. The number of anilines is 1. The maximum Gasteiger partial charge on any atom is 0.309 e. The third-order valence-electron chi connectivity index (χ3n) is 2.14. The number of nitro benzene ring substituents is 1. The molecule has 2 N–H and O–H groups in total. The summed E-state index contributed by atoms with van der Waals surface area (Å²) in [5, 5.41) is 23.8. The van der Waals surface area contributed by atoms with Crippen molar-refractivity contribution in [2.24, 2.45) is 0 Å². The molecule has 1 aliphatic rings. The predicted molar refractivity (Wildman–Crippen MR) is 62.9 cm³/mol. The molecule has 2 rings (SSSR count). The van der Waals surface area contributed by atoms with E-state index < -0.39 is 10.9 Å². The molecule has 0 atom stereocenters. The predicted octanol–water partition coefficient (Wildman–Crippen LogP) is 2.43. The fourth-order valence-electron chi connectivity index (χ4n) is 1.41. The Labute approximate surface area is 100 Å².